The van der Waals surface area contributed by atoms with Gasteiger partial charge in [0.25, 0.3) is 0 Å². The van der Waals surface area contributed by atoms with Crippen molar-refractivity contribution in [3.8, 4) is 0 Å². The molecule has 0 radical (unpaired) electrons. The molecule has 0 amide bonds. The molecule has 0 bridgehead atoms. The number of nitrogens with zero attached hydrogens (tertiary/aromatic N) is 1. The largest absolute Gasteiger partial charge is 0.464 e. The molecular weight excluding hydrogens is 246 g/mol. The molecule has 2 N–H and O–H groups in total. The molecule has 2 aromatic rings. The minimum atomic E-state index is -1.60. The maximum Gasteiger partial charge on any atom is 0.338 e. The molecule has 0 aliphatic rings. The second kappa shape index (κ2) is 5.77. The molecule has 1 aromatic heterocycles. The lowest BCUT2D eigenvalue weighted by atomic mass is 9.98. The Balaban J connectivity index is 2.36. The van der Waals surface area contributed by atoms with Crippen LogP contribution in [0.2, 0.25) is 0 Å². The van der Waals surface area contributed by atoms with Crippen LogP contribution >= 0.6 is 0 Å². The van der Waals surface area contributed by atoms with Gasteiger partial charge in [0.05, 0.1) is 6.61 Å². The normalized spacial score (nSPS) is 14.1. The summed E-state index contributed by atoms with van der Waals surface area (Å²) >= 11 is 0. The minimum Gasteiger partial charge on any atom is -0.464 e. The Morgan fingerprint density at radius 1 is 1.37 bits per heavy atom. The second-order valence-electron chi connectivity index (χ2n) is 4.09. The van der Waals surface area contributed by atoms with Crippen molar-refractivity contribution in [3.05, 3.63) is 42.2 Å². The van der Waals surface area contributed by atoms with Crippen molar-refractivity contribution >= 4 is 16.7 Å². The molecule has 0 saturated carbocycles. The van der Waals surface area contributed by atoms with Crippen LogP contribution in [-0.4, -0.2) is 33.9 Å². The number of benzene rings is 1. The maximum absolute atomic E-state index is 11.4. The molecule has 5 nitrogen and oxygen atoms in total. The third kappa shape index (κ3) is 2.72. The molecular formula is C14H15NO4. The summed E-state index contributed by atoms with van der Waals surface area (Å²) < 4.78 is 4.70. The third-order valence-electron chi connectivity index (χ3n) is 2.86. The van der Waals surface area contributed by atoms with Crippen LogP contribution in [0.5, 0.6) is 0 Å². The van der Waals surface area contributed by atoms with Crippen LogP contribution in [0.3, 0.4) is 0 Å². The zero-order chi connectivity index (χ0) is 13.8. The third-order valence-corrected chi connectivity index (χ3v) is 2.86. The van der Waals surface area contributed by atoms with Gasteiger partial charge in [-0.05, 0) is 23.9 Å². The summed E-state index contributed by atoms with van der Waals surface area (Å²) in [6.07, 6.45) is 0.321. The Hall–Kier alpha value is -1.98. The zero-order valence-corrected chi connectivity index (χ0v) is 10.5. The molecule has 2 rings (SSSR count). The van der Waals surface area contributed by atoms with Crippen LogP contribution in [0.25, 0.3) is 10.8 Å². The van der Waals surface area contributed by atoms with E-state index in [4.69, 9.17) is 4.74 Å². The number of rotatable bonds is 4. The highest BCUT2D eigenvalue weighted by atomic mass is 16.5. The van der Waals surface area contributed by atoms with Crippen LogP contribution in [0, 0.1) is 0 Å². The first-order chi connectivity index (χ1) is 9.15. The quantitative estimate of drug-likeness (QED) is 0.808. The first-order valence-electron chi connectivity index (χ1n) is 6.00. The summed E-state index contributed by atoms with van der Waals surface area (Å²) in [5.74, 6) is -0.832. The average molecular weight is 261 g/mol. The summed E-state index contributed by atoms with van der Waals surface area (Å²) in [5, 5.41) is 21.5. The van der Waals surface area contributed by atoms with Crippen molar-refractivity contribution in [2.24, 2.45) is 0 Å². The molecule has 0 spiro atoms. The van der Waals surface area contributed by atoms with Gasteiger partial charge >= 0.3 is 5.97 Å². The molecule has 0 aliphatic heterocycles. The number of aliphatic hydroxyl groups is 2. The predicted octanol–water partition coefficient (Wildman–Crippen LogP) is 1.19. The van der Waals surface area contributed by atoms with E-state index in [2.05, 4.69) is 4.98 Å². The molecule has 0 fully saturated rings. The van der Waals surface area contributed by atoms with Gasteiger partial charge in [-0.2, -0.15) is 0 Å². The predicted molar refractivity (Wildman–Crippen MR) is 69.3 cm³/mol. The number of hydrogen-bond acceptors (Lipinski definition) is 5. The van der Waals surface area contributed by atoms with E-state index >= 15 is 0 Å². The molecule has 100 valence electrons. The molecule has 0 saturated heterocycles. The van der Waals surface area contributed by atoms with Crippen molar-refractivity contribution in [2.45, 2.75) is 19.1 Å². The first-order valence-corrected chi connectivity index (χ1v) is 6.00. The summed E-state index contributed by atoms with van der Waals surface area (Å²) in [4.78, 5) is 15.4. The van der Waals surface area contributed by atoms with E-state index in [1.165, 1.54) is 0 Å². The monoisotopic (exact) mass is 261 g/mol. The van der Waals surface area contributed by atoms with Gasteiger partial charge in [0, 0.05) is 17.8 Å². The Morgan fingerprint density at radius 3 is 2.89 bits per heavy atom. The van der Waals surface area contributed by atoms with Crippen LogP contribution in [0.1, 0.15) is 18.6 Å². The highest BCUT2D eigenvalue weighted by Crippen LogP contribution is 2.26. The lowest BCUT2D eigenvalue weighted by Gasteiger charge is -2.18. The Kier molecular flexibility index (Phi) is 4.09. The van der Waals surface area contributed by atoms with E-state index in [1.54, 1.807) is 37.5 Å². The number of fused-ring (bicyclic) bond motifs is 1. The number of carbonyl (C=O) groups excluding carboxylic acids is 1. The topological polar surface area (TPSA) is 79.7 Å². The van der Waals surface area contributed by atoms with Crippen molar-refractivity contribution in [3.63, 3.8) is 0 Å². The first kappa shape index (κ1) is 13.5. The van der Waals surface area contributed by atoms with E-state index in [0.29, 0.717) is 5.56 Å². The highest BCUT2D eigenvalue weighted by molar-refractivity contribution is 5.86. The number of pyridine rings is 1. The van der Waals surface area contributed by atoms with Crippen LogP contribution < -0.4 is 0 Å². The van der Waals surface area contributed by atoms with Gasteiger partial charge in [-0.15, -0.1) is 0 Å². The smallest absolute Gasteiger partial charge is 0.338 e. The lowest BCUT2D eigenvalue weighted by molar-refractivity contribution is -0.159. The van der Waals surface area contributed by atoms with Crippen molar-refractivity contribution in [1.29, 1.82) is 0 Å². The maximum atomic E-state index is 11.4. The van der Waals surface area contributed by atoms with Crippen LogP contribution in [-0.2, 0) is 9.53 Å². The Morgan fingerprint density at radius 2 is 2.16 bits per heavy atom. The van der Waals surface area contributed by atoms with Crippen molar-refractivity contribution in [1.82, 2.24) is 4.98 Å². The fraction of sp³-hybridized carbons (Fsp3) is 0.286. The fourth-order valence-corrected chi connectivity index (χ4v) is 1.93. The molecule has 1 aromatic carbocycles. The van der Waals surface area contributed by atoms with E-state index < -0.39 is 18.2 Å². The SMILES string of the molecule is CCOC(=O)C(O)C(O)c1cccc2cnccc12. The molecule has 2 atom stereocenters. The van der Waals surface area contributed by atoms with Gasteiger partial charge in [-0.3, -0.25) is 4.98 Å². The van der Waals surface area contributed by atoms with Gasteiger partial charge in [0.15, 0.2) is 6.10 Å². The van der Waals surface area contributed by atoms with Gasteiger partial charge in [0.2, 0.25) is 0 Å². The number of aromatic nitrogens is 1. The number of ether oxygens (including phenoxy) is 1. The van der Waals surface area contributed by atoms with Crippen molar-refractivity contribution in [2.75, 3.05) is 6.61 Å². The number of aliphatic hydroxyl groups excluding tert-OH is 2. The zero-order valence-electron chi connectivity index (χ0n) is 10.5. The molecule has 2 unspecified atom stereocenters. The Bertz CT molecular complexity index is 579. The number of carbonyl (C=O) groups is 1. The minimum absolute atomic E-state index is 0.155. The van der Waals surface area contributed by atoms with Gasteiger partial charge < -0.3 is 14.9 Å². The van der Waals surface area contributed by atoms with Gasteiger partial charge in [-0.1, -0.05) is 18.2 Å². The lowest BCUT2D eigenvalue weighted by Crippen LogP contribution is -2.30. The van der Waals surface area contributed by atoms with E-state index in [0.717, 1.165) is 10.8 Å². The molecule has 5 heteroatoms. The summed E-state index contributed by atoms with van der Waals surface area (Å²) in [6, 6.07) is 6.97. The average Bonchev–Trinajstić information content (AvgIpc) is 2.45. The second-order valence-corrected chi connectivity index (χ2v) is 4.09. The number of esters is 1. The van der Waals surface area contributed by atoms with E-state index in [-0.39, 0.29) is 6.61 Å². The fourth-order valence-electron chi connectivity index (χ4n) is 1.93. The molecule has 19 heavy (non-hydrogen) atoms. The van der Waals surface area contributed by atoms with E-state index in [1.807, 2.05) is 6.07 Å². The van der Waals surface area contributed by atoms with Gasteiger partial charge in [-0.25, -0.2) is 4.79 Å². The summed E-state index contributed by atoms with van der Waals surface area (Å²) in [6.45, 7) is 1.79. The standard InChI is InChI=1S/C14H15NO4/c1-2-19-14(18)13(17)12(16)11-5-3-4-9-8-15-7-6-10(9)11/h3-8,12-13,16-17H,2H2,1H3. The van der Waals surface area contributed by atoms with Crippen LogP contribution in [0.4, 0.5) is 0 Å². The van der Waals surface area contributed by atoms with Gasteiger partial charge in [0.1, 0.15) is 6.10 Å². The molecule has 1 heterocycles. The van der Waals surface area contributed by atoms with Crippen molar-refractivity contribution < 1.29 is 19.7 Å². The number of hydrogen-bond donors (Lipinski definition) is 2. The Labute approximate surface area is 110 Å². The summed E-state index contributed by atoms with van der Waals surface area (Å²) in [5.41, 5.74) is 0.473. The van der Waals surface area contributed by atoms with E-state index in [9.17, 15) is 15.0 Å². The summed E-state index contributed by atoms with van der Waals surface area (Å²) in [7, 11) is 0. The van der Waals surface area contributed by atoms with Crippen LogP contribution in [0.15, 0.2) is 36.7 Å². The molecule has 0 aliphatic carbocycles. The highest BCUT2D eigenvalue weighted by Gasteiger charge is 2.27.